The second-order valence-electron chi connectivity index (χ2n) is 3.82. The maximum Gasteiger partial charge on any atom is 0.387 e. The highest BCUT2D eigenvalue weighted by atomic mass is 19.3. The summed E-state index contributed by atoms with van der Waals surface area (Å²) in [6.45, 7) is -1.75. The van der Waals surface area contributed by atoms with Gasteiger partial charge in [-0.2, -0.15) is 14.0 Å². The van der Waals surface area contributed by atoms with Crippen molar-refractivity contribution in [3.63, 3.8) is 0 Å². The van der Waals surface area contributed by atoms with E-state index in [0.29, 0.717) is 0 Å². The Labute approximate surface area is 117 Å². The first kappa shape index (κ1) is 16.8. The lowest BCUT2D eigenvalue weighted by atomic mass is 10.0. The molecule has 21 heavy (non-hydrogen) atoms. The first-order chi connectivity index (χ1) is 9.88. The third-order valence-electron chi connectivity index (χ3n) is 2.43. The van der Waals surface area contributed by atoms with E-state index in [2.05, 4.69) is 9.47 Å². The predicted octanol–water partition coefficient (Wildman–Crippen LogP) is 3.20. The number of hydrogen-bond donors (Lipinski definition) is 0. The molecule has 0 saturated carbocycles. The lowest BCUT2D eigenvalue weighted by Crippen LogP contribution is -2.12. The van der Waals surface area contributed by atoms with Gasteiger partial charge in [-0.1, -0.05) is 0 Å². The molecule has 0 aliphatic carbocycles. The van der Waals surface area contributed by atoms with E-state index in [9.17, 15) is 22.4 Å². The molecule has 1 rings (SSSR count). The number of benzene rings is 1. The standard InChI is InChI=1S/C13H11F4NO3/c1-2-20-10(19)5-8-3-7(6-18)4-9(21-13(16)17)11(8)12(14)15/h3-4,12-13H,2,5H2,1H3. The van der Waals surface area contributed by atoms with Gasteiger partial charge < -0.3 is 9.47 Å². The number of carbonyl (C=O) groups is 1. The van der Waals surface area contributed by atoms with Crippen LogP contribution in [0.2, 0.25) is 0 Å². The minimum atomic E-state index is -3.33. The summed E-state index contributed by atoms with van der Waals surface area (Å²) in [5.41, 5.74) is -1.30. The molecule has 0 heterocycles. The molecular weight excluding hydrogens is 294 g/mol. The monoisotopic (exact) mass is 305 g/mol. The van der Waals surface area contributed by atoms with E-state index in [-0.39, 0.29) is 17.7 Å². The third-order valence-corrected chi connectivity index (χ3v) is 2.43. The molecular formula is C13H11F4NO3. The van der Waals surface area contributed by atoms with Crippen LogP contribution in [0.15, 0.2) is 12.1 Å². The van der Waals surface area contributed by atoms with Gasteiger partial charge in [0.2, 0.25) is 0 Å². The average Bonchev–Trinajstić information content (AvgIpc) is 2.37. The molecule has 114 valence electrons. The molecule has 0 radical (unpaired) electrons. The van der Waals surface area contributed by atoms with Crippen molar-refractivity contribution in [2.75, 3.05) is 6.61 Å². The second kappa shape index (κ2) is 7.47. The van der Waals surface area contributed by atoms with Gasteiger partial charge in [-0.3, -0.25) is 4.79 Å². The van der Waals surface area contributed by atoms with Crippen molar-refractivity contribution in [1.82, 2.24) is 0 Å². The number of ether oxygens (including phenoxy) is 2. The molecule has 8 heteroatoms. The van der Waals surface area contributed by atoms with Crippen LogP contribution in [0, 0.1) is 11.3 Å². The molecule has 0 atom stereocenters. The summed E-state index contributed by atoms with van der Waals surface area (Å²) >= 11 is 0. The number of carbonyl (C=O) groups excluding carboxylic acids is 1. The van der Waals surface area contributed by atoms with Gasteiger partial charge in [0.15, 0.2) is 0 Å². The number of rotatable bonds is 6. The quantitative estimate of drug-likeness (QED) is 0.598. The van der Waals surface area contributed by atoms with Crippen molar-refractivity contribution in [3.8, 4) is 11.8 Å². The fourth-order valence-corrected chi connectivity index (χ4v) is 1.70. The van der Waals surface area contributed by atoms with Gasteiger partial charge in [0.05, 0.1) is 30.2 Å². The van der Waals surface area contributed by atoms with Gasteiger partial charge in [-0.25, -0.2) is 8.78 Å². The van der Waals surface area contributed by atoms with Crippen LogP contribution in [-0.2, 0) is 16.0 Å². The molecule has 1 aromatic carbocycles. The normalized spacial score (nSPS) is 10.6. The topological polar surface area (TPSA) is 59.3 Å². The number of alkyl halides is 4. The molecule has 4 nitrogen and oxygen atoms in total. The molecule has 0 unspecified atom stereocenters. The molecule has 0 amide bonds. The summed E-state index contributed by atoms with van der Waals surface area (Å²) < 4.78 is 59.3. The fraction of sp³-hybridized carbons (Fsp3) is 0.385. The minimum Gasteiger partial charge on any atom is -0.466 e. The molecule has 0 bridgehead atoms. The van der Waals surface area contributed by atoms with Crippen LogP contribution in [0.3, 0.4) is 0 Å². The molecule has 0 aliphatic heterocycles. The van der Waals surface area contributed by atoms with Gasteiger partial charge in [0, 0.05) is 0 Å². The number of hydrogen-bond acceptors (Lipinski definition) is 4. The Morgan fingerprint density at radius 3 is 2.48 bits per heavy atom. The Morgan fingerprint density at radius 2 is 2.00 bits per heavy atom. The van der Waals surface area contributed by atoms with Crippen LogP contribution < -0.4 is 4.74 Å². The molecule has 0 aromatic heterocycles. The largest absolute Gasteiger partial charge is 0.466 e. The van der Waals surface area contributed by atoms with Gasteiger partial charge in [-0.05, 0) is 24.6 Å². The summed E-state index contributed by atoms with van der Waals surface area (Å²) in [5, 5.41) is 8.79. The molecule has 0 fully saturated rings. The Bertz CT molecular complexity index is 555. The summed E-state index contributed by atoms with van der Waals surface area (Å²) in [5.74, 6) is -1.63. The highest BCUT2D eigenvalue weighted by molar-refractivity contribution is 5.74. The Balaban J connectivity index is 3.31. The zero-order valence-electron chi connectivity index (χ0n) is 10.9. The lowest BCUT2D eigenvalue weighted by Gasteiger charge is -2.15. The van der Waals surface area contributed by atoms with Crippen LogP contribution >= 0.6 is 0 Å². The minimum absolute atomic E-state index is 0.0428. The average molecular weight is 305 g/mol. The van der Waals surface area contributed by atoms with Crippen LogP contribution in [0.5, 0.6) is 5.75 Å². The maximum atomic E-state index is 13.1. The van der Waals surface area contributed by atoms with Gasteiger partial charge in [0.25, 0.3) is 6.43 Å². The molecule has 0 aliphatic rings. The number of halogens is 4. The summed E-state index contributed by atoms with van der Waals surface area (Å²) in [6, 6.07) is 3.44. The van der Waals surface area contributed by atoms with Crippen molar-refractivity contribution in [2.24, 2.45) is 0 Å². The van der Waals surface area contributed by atoms with E-state index in [1.165, 1.54) is 6.92 Å². The molecule has 1 aromatic rings. The summed E-state index contributed by atoms with van der Waals surface area (Å²) in [4.78, 5) is 11.4. The first-order valence-electron chi connectivity index (χ1n) is 5.84. The zero-order chi connectivity index (χ0) is 16.0. The van der Waals surface area contributed by atoms with Gasteiger partial charge >= 0.3 is 12.6 Å². The highest BCUT2D eigenvalue weighted by Crippen LogP contribution is 2.35. The van der Waals surface area contributed by atoms with E-state index in [1.54, 1.807) is 6.07 Å². The number of nitriles is 1. The van der Waals surface area contributed by atoms with Crippen molar-refractivity contribution in [1.29, 1.82) is 5.26 Å². The number of nitrogens with zero attached hydrogens (tertiary/aromatic N) is 1. The summed E-state index contributed by atoms with van der Waals surface area (Å²) in [7, 11) is 0. The summed E-state index contributed by atoms with van der Waals surface area (Å²) in [6.07, 6.45) is -3.71. The van der Waals surface area contributed by atoms with E-state index in [4.69, 9.17) is 5.26 Å². The van der Waals surface area contributed by atoms with E-state index >= 15 is 0 Å². The Kier molecular flexibility index (Phi) is 5.96. The molecule has 0 saturated heterocycles. The Morgan fingerprint density at radius 1 is 1.33 bits per heavy atom. The van der Waals surface area contributed by atoms with Crippen LogP contribution in [0.25, 0.3) is 0 Å². The predicted molar refractivity (Wildman–Crippen MR) is 63.1 cm³/mol. The van der Waals surface area contributed by atoms with Crippen LogP contribution in [0.4, 0.5) is 17.6 Å². The third kappa shape index (κ3) is 4.63. The first-order valence-corrected chi connectivity index (χ1v) is 5.84. The lowest BCUT2D eigenvalue weighted by molar-refractivity contribution is -0.142. The van der Waals surface area contributed by atoms with Crippen molar-refractivity contribution in [3.05, 3.63) is 28.8 Å². The van der Waals surface area contributed by atoms with Gasteiger partial charge in [-0.15, -0.1) is 0 Å². The van der Waals surface area contributed by atoms with E-state index < -0.39 is 36.7 Å². The molecule has 0 spiro atoms. The van der Waals surface area contributed by atoms with Gasteiger partial charge in [0.1, 0.15) is 5.75 Å². The maximum absolute atomic E-state index is 13.1. The van der Waals surface area contributed by atoms with E-state index in [0.717, 1.165) is 12.1 Å². The van der Waals surface area contributed by atoms with Crippen molar-refractivity contribution < 1.29 is 31.8 Å². The van der Waals surface area contributed by atoms with Crippen molar-refractivity contribution in [2.45, 2.75) is 26.4 Å². The van der Waals surface area contributed by atoms with Crippen LogP contribution in [0.1, 0.15) is 30.0 Å². The highest BCUT2D eigenvalue weighted by Gasteiger charge is 2.24. The fourth-order valence-electron chi connectivity index (χ4n) is 1.70. The smallest absolute Gasteiger partial charge is 0.387 e. The number of esters is 1. The molecule has 0 N–H and O–H groups in total. The SMILES string of the molecule is CCOC(=O)Cc1cc(C#N)cc(OC(F)F)c1C(F)F. The zero-order valence-corrected chi connectivity index (χ0v) is 10.9. The van der Waals surface area contributed by atoms with E-state index in [1.807, 2.05) is 0 Å². The second-order valence-corrected chi connectivity index (χ2v) is 3.82. The van der Waals surface area contributed by atoms with Crippen LogP contribution in [-0.4, -0.2) is 19.2 Å². The van der Waals surface area contributed by atoms with Crippen molar-refractivity contribution >= 4 is 5.97 Å². The Hall–Kier alpha value is -2.30.